The molecule has 100 valence electrons. The van der Waals surface area contributed by atoms with Crippen molar-refractivity contribution in [2.75, 3.05) is 26.2 Å². The first-order valence-corrected chi connectivity index (χ1v) is 7.20. The van der Waals surface area contributed by atoms with E-state index in [1.54, 1.807) is 0 Å². The number of aliphatic hydroxyl groups is 1. The fourth-order valence-electron chi connectivity index (χ4n) is 3.34. The number of hydrogen-bond donors (Lipinski definition) is 2. The summed E-state index contributed by atoms with van der Waals surface area (Å²) in [5.41, 5.74) is -0.123. The summed E-state index contributed by atoms with van der Waals surface area (Å²) >= 11 is 0. The van der Waals surface area contributed by atoms with Gasteiger partial charge in [-0.05, 0) is 33.1 Å². The summed E-state index contributed by atoms with van der Waals surface area (Å²) in [6.07, 6.45) is 7.72. The van der Waals surface area contributed by atoms with Gasteiger partial charge >= 0.3 is 0 Å². The van der Waals surface area contributed by atoms with Gasteiger partial charge in [-0.2, -0.15) is 0 Å². The van der Waals surface area contributed by atoms with Crippen LogP contribution in [0.1, 0.15) is 52.4 Å². The fraction of sp³-hybridized carbons (Fsp3) is 1.00. The topological polar surface area (TPSA) is 35.5 Å². The maximum atomic E-state index is 9.89. The third-order valence-electron chi connectivity index (χ3n) is 4.46. The van der Waals surface area contributed by atoms with Crippen LogP contribution in [0.15, 0.2) is 0 Å². The molecule has 17 heavy (non-hydrogen) atoms. The molecule has 0 aromatic carbocycles. The van der Waals surface area contributed by atoms with Crippen LogP contribution in [0.3, 0.4) is 0 Å². The highest BCUT2D eigenvalue weighted by molar-refractivity contribution is 4.98. The van der Waals surface area contributed by atoms with Gasteiger partial charge in [0.2, 0.25) is 0 Å². The Morgan fingerprint density at radius 2 is 1.94 bits per heavy atom. The summed E-state index contributed by atoms with van der Waals surface area (Å²) in [6.45, 7) is 8.29. The molecular weight excluding hydrogens is 212 g/mol. The molecule has 1 aliphatic heterocycles. The molecule has 0 amide bonds. The zero-order chi connectivity index (χ0) is 12.4. The first-order chi connectivity index (χ1) is 8.02. The minimum absolute atomic E-state index is 0.405. The number of nitrogens with one attached hydrogen (secondary N) is 1. The van der Waals surface area contributed by atoms with Gasteiger partial charge in [0.25, 0.3) is 0 Å². The van der Waals surface area contributed by atoms with E-state index in [0.29, 0.717) is 5.54 Å². The maximum Gasteiger partial charge on any atom is 0.0603 e. The molecular formula is C14H28N2O. The second kappa shape index (κ2) is 5.25. The zero-order valence-electron chi connectivity index (χ0n) is 11.5. The van der Waals surface area contributed by atoms with Crippen LogP contribution in [0.25, 0.3) is 0 Å². The Balaban J connectivity index is 1.96. The smallest absolute Gasteiger partial charge is 0.0603 e. The molecule has 1 saturated heterocycles. The minimum atomic E-state index is -0.527. The van der Waals surface area contributed by atoms with Crippen LogP contribution in [0, 0.1) is 0 Å². The van der Waals surface area contributed by atoms with Gasteiger partial charge in [-0.3, -0.25) is 4.90 Å². The molecule has 0 unspecified atom stereocenters. The summed E-state index contributed by atoms with van der Waals surface area (Å²) in [5, 5.41) is 13.5. The highest BCUT2D eigenvalue weighted by Crippen LogP contribution is 2.34. The van der Waals surface area contributed by atoms with E-state index in [1.165, 1.54) is 32.1 Å². The van der Waals surface area contributed by atoms with Gasteiger partial charge in [0.1, 0.15) is 0 Å². The van der Waals surface area contributed by atoms with E-state index in [-0.39, 0.29) is 0 Å². The van der Waals surface area contributed by atoms with E-state index in [9.17, 15) is 5.11 Å². The lowest BCUT2D eigenvalue weighted by molar-refractivity contribution is -0.00177. The summed E-state index contributed by atoms with van der Waals surface area (Å²) in [5.74, 6) is 0. The molecule has 2 N–H and O–H groups in total. The van der Waals surface area contributed by atoms with Crippen LogP contribution >= 0.6 is 0 Å². The second-order valence-corrected chi connectivity index (χ2v) is 6.51. The van der Waals surface area contributed by atoms with Crippen molar-refractivity contribution < 1.29 is 5.11 Å². The van der Waals surface area contributed by atoms with Crippen LogP contribution < -0.4 is 5.32 Å². The Kier molecular flexibility index (Phi) is 4.11. The number of hydrogen-bond acceptors (Lipinski definition) is 3. The predicted octanol–water partition coefficient (Wildman–Crippen LogP) is 1.76. The molecule has 0 aromatic heterocycles. The van der Waals surface area contributed by atoms with Crippen molar-refractivity contribution in [3.63, 3.8) is 0 Å². The molecule has 3 nitrogen and oxygen atoms in total. The molecule has 0 radical (unpaired) electrons. The van der Waals surface area contributed by atoms with Crippen LogP contribution in [0.4, 0.5) is 0 Å². The van der Waals surface area contributed by atoms with Crippen molar-refractivity contribution in [2.45, 2.75) is 63.5 Å². The van der Waals surface area contributed by atoms with Crippen molar-refractivity contribution >= 4 is 0 Å². The van der Waals surface area contributed by atoms with E-state index in [4.69, 9.17) is 0 Å². The van der Waals surface area contributed by atoms with Crippen molar-refractivity contribution in [1.82, 2.24) is 10.2 Å². The van der Waals surface area contributed by atoms with E-state index in [0.717, 1.165) is 32.6 Å². The predicted molar refractivity (Wildman–Crippen MR) is 71.2 cm³/mol. The summed E-state index contributed by atoms with van der Waals surface area (Å²) < 4.78 is 0. The molecule has 1 aliphatic carbocycles. The van der Waals surface area contributed by atoms with Gasteiger partial charge in [0.15, 0.2) is 0 Å². The Labute approximate surface area is 106 Å². The average Bonchev–Trinajstić information content (AvgIpc) is 2.28. The molecule has 1 spiro atoms. The lowest BCUT2D eigenvalue weighted by Crippen LogP contribution is -2.62. The highest BCUT2D eigenvalue weighted by atomic mass is 16.3. The molecule has 2 aliphatic rings. The van der Waals surface area contributed by atoms with Crippen LogP contribution in [-0.2, 0) is 0 Å². The second-order valence-electron chi connectivity index (χ2n) is 6.51. The summed E-state index contributed by atoms with van der Waals surface area (Å²) in [7, 11) is 0. The van der Waals surface area contributed by atoms with E-state index >= 15 is 0 Å². The summed E-state index contributed by atoms with van der Waals surface area (Å²) in [6, 6.07) is 0. The molecule has 0 aromatic rings. The van der Waals surface area contributed by atoms with Crippen molar-refractivity contribution in [2.24, 2.45) is 0 Å². The number of piperazine rings is 1. The standard InChI is InChI=1S/C14H28N2O/c1-13(2,17)8-10-16-11-9-15-12-14(16)6-4-3-5-7-14/h15,17H,3-12H2,1-2H3. The van der Waals surface area contributed by atoms with Crippen LogP contribution in [-0.4, -0.2) is 47.3 Å². The molecule has 2 fully saturated rings. The third-order valence-corrected chi connectivity index (χ3v) is 4.46. The van der Waals surface area contributed by atoms with E-state index in [2.05, 4.69) is 10.2 Å². The van der Waals surface area contributed by atoms with Gasteiger partial charge in [-0.25, -0.2) is 0 Å². The molecule has 0 bridgehead atoms. The lowest BCUT2D eigenvalue weighted by atomic mass is 9.78. The Hall–Kier alpha value is -0.120. The van der Waals surface area contributed by atoms with Crippen LogP contribution in [0.5, 0.6) is 0 Å². The van der Waals surface area contributed by atoms with Gasteiger partial charge < -0.3 is 10.4 Å². The first kappa shape index (κ1) is 13.3. The Morgan fingerprint density at radius 1 is 1.24 bits per heavy atom. The zero-order valence-corrected chi connectivity index (χ0v) is 11.5. The Bertz CT molecular complexity index is 233. The largest absolute Gasteiger partial charge is 0.390 e. The van der Waals surface area contributed by atoms with Gasteiger partial charge in [-0.15, -0.1) is 0 Å². The van der Waals surface area contributed by atoms with Crippen molar-refractivity contribution in [3.05, 3.63) is 0 Å². The quantitative estimate of drug-likeness (QED) is 0.789. The molecule has 1 heterocycles. The van der Waals surface area contributed by atoms with Gasteiger partial charge in [-0.1, -0.05) is 19.3 Å². The SMILES string of the molecule is CC(C)(O)CCN1CCNCC12CCCCC2. The molecule has 1 saturated carbocycles. The molecule has 2 rings (SSSR count). The number of rotatable bonds is 3. The first-order valence-electron chi connectivity index (χ1n) is 7.20. The molecule has 3 heteroatoms. The normalized spacial score (nSPS) is 26.3. The average molecular weight is 240 g/mol. The van der Waals surface area contributed by atoms with Crippen LogP contribution in [0.2, 0.25) is 0 Å². The van der Waals surface area contributed by atoms with Gasteiger partial charge in [0, 0.05) is 31.7 Å². The van der Waals surface area contributed by atoms with Crippen molar-refractivity contribution in [1.29, 1.82) is 0 Å². The lowest BCUT2D eigenvalue weighted by Gasteiger charge is -2.50. The fourth-order valence-corrected chi connectivity index (χ4v) is 3.34. The summed E-state index contributed by atoms with van der Waals surface area (Å²) in [4.78, 5) is 2.65. The maximum absolute atomic E-state index is 9.89. The van der Waals surface area contributed by atoms with E-state index < -0.39 is 5.60 Å². The van der Waals surface area contributed by atoms with E-state index in [1.807, 2.05) is 13.8 Å². The van der Waals surface area contributed by atoms with Gasteiger partial charge in [0.05, 0.1) is 5.60 Å². The Morgan fingerprint density at radius 3 is 2.59 bits per heavy atom. The minimum Gasteiger partial charge on any atom is -0.390 e. The number of nitrogens with zero attached hydrogens (tertiary/aromatic N) is 1. The monoisotopic (exact) mass is 240 g/mol. The van der Waals surface area contributed by atoms with Crippen molar-refractivity contribution in [3.8, 4) is 0 Å². The molecule has 0 atom stereocenters. The highest BCUT2D eigenvalue weighted by Gasteiger charge is 2.39. The third kappa shape index (κ3) is 3.43.